The van der Waals surface area contributed by atoms with E-state index in [4.69, 9.17) is 4.52 Å². The minimum atomic E-state index is -1.04. The number of anilines is 1. The normalized spacial score (nSPS) is 17.1. The summed E-state index contributed by atoms with van der Waals surface area (Å²) in [4.78, 5) is 14.2. The van der Waals surface area contributed by atoms with Crippen LogP contribution in [0.15, 0.2) is 65.2 Å². The summed E-state index contributed by atoms with van der Waals surface area (Å²) in [5.74, 6) is -0.464. The van der Waals surface area contributed by atoms with Crippen molar-refractivity contribution < 1.29 is 14.4 Å². The van der Waals surface area contributed by atoms with E-state index in [2.05, 4.69) is 27.5 Å². The molecular weight excluding hydrogens is 342 g/mol. The number of benzene rings is 2. The second-order valence-electron chi connectivity index (χ2n) is 6.76. The molecule has 4 rings (SSSR count). The van der Waals surface area contributed by atoms with Crippen molar-refractivity contribution in [3.05, 3.63) is 71.8 Å². The monoisotopic (exact) mass is 363 g/mol. The predicted molar refractivity (Wildman–Crippen MR) is 103 cm³/mol. The summed E-state index contributed by atoms with van der Waals surface area (Å²) in [6.07, 6.45) is 0.930. The number of aromatic carboxylic acids is 1. The van der Waals surface area contributed by atoms with Crippen LogP contribution in [0.2, 0.25) is 0 Å². The lowest BCUT2D eigenvalue weighted by atomic mass is 10.1. The molecular formula is C21H21N3O3. The Morgan fingerprint density at radius 2 is 1.85 bits per heavy atom. The van der Waals surface area contributed by atoms with Gasteiger partial charge in [-0.05, 0) is 12.0 Å². The Morgan fingerprint density at radius 3 is 2.56 bits per heavy atom. The lowest BCUT2D eigenvalue weighted by Crippen LogP contribution is -2.26. The topological polar surface area (TPSA) is 78.6 Å². The van der Waals surface area contributed by atoms with E-state index in [0.29, 0.717) is 11.4 Å². The van der Waals surface area contributed by atoms with E-state index < -0.39 is 5.97 Å². The smallest absolute Gasteiger partial charge is 0.343 e. The Morgan fingerprint density at radius 1 is 1.15 bits per heavy atom. The van der Waals surface area contributed by atoms with Crippen LogP contribution >= 0.6 is 0 Å². The van der Waals surface area contributed by atoms with Gasteiger partial charge in [0, 0.05) is 31.2 Å². The van der Waals surface area contributed by atoms with E-state index in [1.165, 1.54) is 5.56 Å². The van der Waals surface area contributed by atoms with E-state index >= 15 is 0 Å². The summed E-state index contributed by atoms with van der Waals surface area (Å²) in [5.41, 5.74) is 2.06. The minimum Gasteiger partial charge on any atom is -0.477 e. The molecule has 6 heteroatoms. The van der Waals surface area contributed by atoms with E-state index in [1.54, 1.807) is 0 Å². The van der Waals surface area contributed by atoms with E-state index in [9.17, 15) is 9.90 Å². The fraction of sp³-hybridized carbons (Fsp3) is 0.238. The number of carboxylic acid groups (broad SMARTS) is 1. The maximum Gasteiger partial charge on any atom is 0.343 e. The van der Waals surface area contributed by atoms with Crippen LogP contribution in [0.25, 0.3) is 11.3 Å². The van der Waals surface area contributed by atoms with Crippen molar-refractivity contribution in [1.82, 2.24) is 10.1 Å². The fourth-order valence-electron chi connectivity index (χ4n) is 3.50. The first-order valence-corrected chi connectivity index (χ1v) is 9.02. The average molecular weight is 363 g/mol. The molecule has 6 nitrogen and oxygen atoms in total. The SMILES string of the molecule is O=C(O)c1c(N[C@H]2CCN(Cc3ccccc3)C2)noc1-c1ccccc1. The number of hydrogen-bond acceptors (Lipinski definition) is 5. The maximum atomic E-state index is 11.8. The number of nitrogens with one attached hydrogen (secondary N) is 1. The second kappa shape index (κ2) is 7.63. The summed E-state index contributed by atoms with van der Waals surface area (Å²) in [7, 11) is 0. The lowest BCUT2D eigenvalue weighted by molar-refractivity contribution is 0.0698. The third kappa shape index (κ3) is 3.85. The third-order valence-corrected chi connectivity index (χ3v) is 4.80. The molecule has 0 aliphatic carbocycles. The van der Waals surface area contributed by atoms with E-state index in [-0.39, 0.29) is 17.4 Å². The van der Waals surface area contributed by atoms with Crippen molar-refractivity contribution in [2.24, 2.45) is 0 Å². The Hall–Kier alpha value is -3.12. The summed E-state index contributed by atoms with van der Waals surface area (Å²) >= 11 is 0. The van der Waals surface area contributed by atoms with Crippen LogP contribution in [0.1, 0.15) is 22.3 Å². The van der Waals surface area contributed by atoms with Gasteiger partial charge in [-0.1, -0.05) is 65.8 Å². The summed E-state index contributed by atoms with van der Waals surface area (Å²) in [6, 6.07) is 19.7. The maximum absolute atomic E-state index is 11.8. The van der Waals surface area contributed by atoms with Crippen LogP contribution in [-0.4, -0.2) is 40.3 Å². The zero-order valence-corrected chi connectivity index (χ0v) is 14.8. The molecule has 2 aromatic carbocycles. The molecule has 1 saturated heterocycles. The van der Waals surface area contributed by atoms with Gasteiger partial charge in [0.05, 0.1) is 0 Å². The Balaban J connectivity index is 1.47. The highest BCUT2D eigenvalue weighted by Gasteiger charge is 2.28. The van der Waals surface area contributed by atoms with Crippen molar-refractivity contribution in [1.29, 1.82) is 0 Å². The van der Waals surface area contributed by atoms with Crippen molar-refractivity contribution >= 4 is 11.8 Å². The zero-order chi connectivity index (χ0) is 18.6. The largest absolute Gasteiger partial charge is 0.477 e. The molecule has 2 heterocycles. The van der Waals surface area contributed by atoms with Gasteiger partial charge in [0.2, 0.25) is 0 Å². The van der Waals surface area contributed by atoms with Gasteiger partial charge in [0.25, 0.3) is 0 Å². The molecule has 0 spiro atoms. The molecule has 27 heavy (non-hydrogen) atoms. The van der Waals surface area contributed by atoms with Crippen LogP contribution < -0.4 is 5.32 Å². The van der Waals surface area contributed by atoms with Crippen LogP contribution in [0.5, 0.6) is 0 Å². The first kappa shape index (κ1) is 17.3. The third-order valence-electron chi connectivity index (χ3n) is 4.80. The number of aromatic nitrogens is 1. The molecule has 0 radical (unpaired) electrons. The number of nitrogens with zero attached hydrogens (tertiary/aromatic N) is 2. The van der Waals surface area contributed by atoms with Crippen molar-refractivity contribution in [3.63, 3.8) is 0 Å². The van der Waals surface area contributed by atoms with Crippen LogP contribution in [0.3, 0.4) is 0 Å². The van der Waals surface area contributed by atoms with Gasteiger partial charge in [-0.25, -0.2) is 4.79 Å². The number of carbonyl (C=O) groups is 1. The number of carboxylic acids is 1. The number of hydrogen-bond donors (Lipinski definition) is 2. The van der Waals surface area contributed by atoms with Crippen LogP contribution in [0.4, 0.5) is 5.82 Å². The van der Waals surface area contributed by atoms with Crippen molar-refractivity contribution in [2.45, 2.75) is 19.0 Å². The van der Waals surface area contributed by atoms with Gasteiger partial charge >= 0.3 is 5.97 Å². The quantitative estimate of drug-likeness (QED) is 0.695. The van der Waals surface area contributed by atoms with E-state index in [0.717, 1.165) is 26.1 Å². The molecule has 1 aliphatic rings. The summed E-state index contributed by atoms with van der Waals surface area (Å²) in [6.45, 7) is 2.68. The zero-order valence-electron chi connectivity index (χ0n) is 14.8. The standard InChI is InChI=1S/C21H21N3O3/c25-21(26)18-19(16-9-5-2-6-10-16)27-23-20(18)22-17-11-12-24(14-17)13-15-7-3-1-4-8-15/h1-10,17H,11-14H2,(H,22,23)(H,25,26)/t17-/m0/s1. The molecule has 0 unspecified atom stereocenters. The molecule has 0 bridgehead atoms. The average Bonchev–Trinajstić information content (AvgIpc) is 3.30. The molecule has 1 fully saturated rings. The molecule has 138 valence electrons. The molecule has 1 aliphatic heterocycles. The van der Waals surface area contributed by atoms with Gasteiger partial charge < -0.3 is 14.9 Å². The highest BCUT2D eigenvalue weighted by Crippen LogP contribution is 2.30. The molecule has 2 N–H and O–H groups in total. The molecule has 1 atom stereocenters. The van der Waals surface area contributed by atoms with Gasteiger partial charge in [-0.3, -0.25) is 4.90 Å². The highest BCUT2D eigenvalue weighted by molar-refractivity contribution is 5.99. The van der Waals surface area contributed by atoms with Crippen LogP contribution in [0, 0.1) is 0 Å². The highest BCUT2D eigenvalue weighted by atomic mass is 16.5. The van der Waals surface area contributed by atoms with Crippen LogP contribution in [-0.2, 0) is 6.54 Å². The minimum absolute atomic E-state index is 0.0858. The first-order valence-electron chi connectivity index (χ1n) is 9.02. The van der Waals surface area contributed by atoms with Gasteiger partial charge in [-0.2, -0.15) is 0 Å². The lowest BCUT2D eigenvalue weighted by Gasteiger charge is -2.16. The summed E-state index contributed by atoms with van der Waals surface area (Å²) < 4.78 is 5.37. The van der Waals surface area contributed by atoms with Gasteiger partial charge in [0.1, 0.15) is 0 Å². The Labute approximate surface area is 157 Å². The molecule has 0 amide bonds. The fourth-order valence-corrected chi connectivity index (χ4v) is 3.50. The molecule has 3 aromatic rings. The van der Waals surface area contributed by atoms with E-state index in [1.807, 2.05) is 48.5 Å². The van der Waals surface area contributed by atoms with Crippen molar-refractivity contribution in [3.8, 4) is 11.3 Å². The predicted octanol–water partition coefficient (Wildman–Crippen LogP) is 3.73. The second-order valence-corrected chi connectivity index (χ2v) is 6.76. The Kier molecular flexibility index (Phi) is 4.89. The number of rotatable bonds is 6. The Bertz CT molecular complexity index is 909. The van der Waals surface area contributed by atoms with Gasteiger partial charge in [0.15, 0.2) is 17.1 Å². The first-order chi connectivity index (χ1) is 13.2. The molecule has 0 saturated carbocycles. The van der Waals surface area contributed by atoms with Crippen molar-refractivity contribution in [2.75, 3.05) is 18.4 Å². The summed E-state index contributed by atoms with van der Waals surface area (Å²) in [5, 5.41) is 16.9. The van der Waals surface area contributed by atoms with Gasteiger partial charge in [-0.15, -0.1) is 0 Å². The molecule has 1 aromatic heterocycles. The number of likely N-dealkylation sites (tertiary alicyclic amines) is 1.